The van der Waals surface area contributed by atoms with Crippen LogP contribution in [0.1, 0.15) is 28.8 Å². The van der Waals surface area contributed by atoms with E-state index >= 15 is 0 Å². The lowest BCUT2D eigenvalue weighted by atomic mass is 10.1. The van der Waals surface area contributed by atoms with Crippen LogP contribution in [0, 0.1) is 0 Å². The highest BCUT2D eigenvalue weighted by molar-refractivity contribution is 5.96. The number of nitrogens with zero attached hydrogens (tertiary/aromatic N) is 1. The van der Waals surface area contributed by atoms with Gasteiger partial charge in [-0.3, -0.25) is 4.79 Å². The fourth-order valence-electron chi connectivity index (χ4n) is 3.93. The minimum absolute atomic E-state index is 0.248. The zero-order valence-corrected chi connectivity index (χ0v) is 19.8. The number of hydrogen-bond acceptors (Lipinski definition) is 4. The Morgan fingerprint density at radius 2 is 1.59 bits per heavy atom. The Morgan fingerprint density at radius 1 is 0.892 bits per heavy atom. The second kappa shape index (κ2) is 11.7. The van der Waals surface area contributed by atoms with Gasteiger partial charge < -0.3 is 25.0 Å². The summed E-state index contributed by atoms with van der Waals surface area (Å²) in [5, 5.41) is 5.68. The van der Waals surface area contributed by atoms with Crippen molar-refractivity contribution in [2.75, 3.05) is 18.4 Å². The number of carbonyl (C=O) groups is 2. The Morgan fingerprint density at radius 3 is 2.32 bits per heavy atom. The van der Waals surface area contributed by atoms with Crippen LogP contribution in [0.3, 0.4) is 0 Å². The molecule has 0 aromatic heterocycles. The van der Waals surface area contributed by atoms with Gasteiger partial charge in [0.05, 0.1) is 0 Å². The first-order valence-corrected chi connectivity index (χ1v) is 11.8. The summed E-state index contributed by atoms with van der Waals surface area (Å²) in [7, 11) is 0. The van der Waals surface area contributed by atoms with Crippen LogP contribution in [0.15, 0.2) is 78.9 Å². The molecule has 1 aliphatic heterocycles. The van der Waals surface area contributed by atoms with Crippen LogP contribution < -0.4 is 20.1 Å². The van der Waals surface area contributed by atoms with Crippen molar-refractivity contribution in [2.24, 2.45) is 0 Å². The molecule has 3 amide bonds. The van der Waals surface area contributed by atoms with Gasteiger partial charge in [0.25, 0.3) is 5.91 Å². The molecule has 1 aliphatic rings. The molecule has 4 rings (SSSR count). The Bertz CT molecular complexity index is 1210. The SMILES string of the molecule is O=C(NCc1ccccc1)c1cccc(NC(=O)N2CCC(Oc3cccc(OC(F)(F)F)c3)CC2)c1. The van der Waals surface area contributed by atoms with Crippen molar-refractivity contribution < 1.29 is 32.2 Å². The van der Waals surface area contributed by atoms with Gasteiger partial charge >= 0.3 is 12.4 Å². The Balaban J connectivity index is 1.25. The number of amides is 3. The number of urea groups is 1. The zero-order valence-electron chi connectivity index (χ0n) is 19.8. The molecule has 3 aromatic carbocycles. The molecular formula is C27H26F3N3O4. The third kappa shape index (κ3) is 7.89. The molecule has 3 aromatic rings. The fourth-order valence-corrected chi connectivity index (χ4v) is 3.93. The van der Waals surface area contributed by atoms with Crippen LogP contribution in [0.4, 0.5) is 23.7 Å². The van der Waals surface area contributed by atoms with E-state index in [1.165, 1.54) is 18.2 Å². The summed E-state index contributed by atoms with van der Waals surface area (Å²) in [5.41, 5.74) is 1.91. The Kier molecular flexibility index (Phi) is 8.17. The predicted octanol–water partition coefficient (Wildman–Crippen LogP) is 5.59. The summed E-state index contributed by atoms with van der Waals surface area (Å²) in [6, 6.07) is 21.3. The molecule has 10 heteroatoms. The summed E-state index contributed by atoms with van der Waals surface area (Å²) in [6.07, 6.45) is -4.00. The second-order valence-electron chi connectivity index (χ2n) is 8.51. The number of piperidine rings is 1. The van der Waals surface area contributed by atoms with Gasteiger partial charge in [-0.1, -0.05) is 42.5 Å². The van der Waals surface area contributed by atoms with E-state index < -0.39 is 6.36 Å². The largest absolute Gasteiger partial charge is 0.573 e. The maximum absolute atomic E-state index is 12.8. The lowest BCUT2D eigenvalue weighted by Crippen LogP contribution is -2.43. The molecule has 1 heterocycles. The van der Waals surface area contributed by atoms with E-state index in [9.17, 15) is 22.8 Å². The molecule has 0 aliphatic carbocycles. The maximum atomic E-state index is 12.8. The Hall–Kier alpha value is -4.21. The molecular weight excluding hydrogens is 487 g/mol. The number of nitrogens with one attached hydrogen (secondary N) is 2. The average Bonchev–Trinajstić information content (AvgIpc) is 2.87. The van der Waals surface area contributed by atoms with Gasteiger partial charge in [-0.15, -0.1) is 13.2 Å². The number of likely N-dealkylation sites (tertiary alicyclic amines) is 1. The molecule has 0 unspecified atom stereocenters. The molecule has 0 radical (unpaired) electrons. The topological polar surface area (TPSA) is 79.9 Å². The van der Waals surface area contributed by atoms with Crippen molar-refractivity contribution in [3.05, 3.63) is 90.0 Å². The predicted molar refractivity (Wildman–Crippen MR) is 131 cm³/mol. The van der Waals surface area contributed by atoms with Gasteiger partial charge in [0.2, 0.25) is 0 Å². The van der Waals surface area contributed by atoms with Gasteiger partial charge in [0, 0.05) is 49.8 Å². The third-order valence-electron chi connectivity index (χ3n) is 5.74. The number of ether oxygens (including phenoxy) is 2. The van der Waals surface area contributed by atoms with Crippen molar-refractivity contribution in [1.29, 1.82) is 0 Å². The first-order valence-electron chi connectivity index (χ1n) is 11.8. The van der Waals surface area contributed by atoms with E-state index in [2.05, 4.69) is 15.4 Å². The Labute approximate surface area is 212 Å². The number of alkyl halides is 3. The minimum atomic E-state index is -4.77. The number of halogens is 3. The van der Waals surface area contributed by atoms with E-state index in [1.807, 2.05) is 30.3 Å². The molecule has 0 spiro atoms. The van der Waals surface area contributed by atoms with E-state index in [4.69, 9.17) is 4.74 Å². The fraction of sp³-hybridized carbons (Fsp3) is 0.259. The summed E-state index contributed by atoms with van der Waals surface area (Å²) < 4.78 is 47.1. The smallest absolute Gasteiger partial charge is 0.490 e. The number of hydrogen-bond donors (Lipinski definition) is 2. The number of anilines is 1. The molecule has 7 nitrogen and oxygen atoms in total. The van der Waals surface area contributed by atoms with Crippen molar-refractivity contribution >= 4 is 17.6 Å². The summed E-state index contributed by atoms with van der Waals surface area (Å²) >= 11 is 0. The van der Waals surface area contributed by atoms with E-state index in [0.717, 1.165) is 5.56 Å². The summed E-state index contributed by atoms with van der Waals surface area (Å²) in [4.78, 5) is 26.9. The van der Waals surface area contributed by atoms with Crippen molar-refractivity contribution in [2.45, 2.75) is 31.9 Å². The molecule has 0 bridgehead atoms. The van der Waals surface area contributed by atoms with Crippen molar-refractivity contribution in [3.8, 4) is 11.5 Å². The molecule has 1 saturated heterocycles. The lowest BCUT2D eigenvalue weighted by molar-refractivity contribution is -0.274. The molecule has 2 N–H and O–H groups in total. The van der Waals surface area contributed by atoms with Crippen LogP contribution in [-0.2, 0) is 6.54 Å². The van der Waals surface area contributed by atoms with Gasteiger partial charge in [-0.25, -0.2) is 4.79 Å². The molecule has 194 valence electrons. The van der Waals surface area contributed by atoms with E-state index in [0.29, 0.717) is 43.7 Å². The highest BCUT2D eigenvalue weighted by Gasteiger charge is 2.31. The molecule has 0 atom stereocenters. The maximum Gasteiger partial charge on any atom is 0.573 e. The zero-order chi connectivity index (χ0) is 26.3. The van der Waals surface area contributed by atoms with Gasteiger partial charge in [-0.2, -0.15) is 0 Å². The van der Waals surface area contributed by atoms with Crippen LogP contribution in [0.25, 0.3) is 0 Å². The minimum Gasteiger partial charge on any atom is -0.490 e. The lowest BCUT2D eigenvalue weighted by Gasteiger charge is -2.32. The summed E-state index contributed by atoms with van der Waals surface area (Å²) in [5.74, 6) is -0.326. The molecule has 37 heavy (non-hydrogen) atoms. The van der Waals surface area contributed by atoms with Crippen molar-refractivity contribution in [3.63, 3.8) is 0 Å². The first kappa shape index (κ1) is 25.9. The highest BCUT2D eigenvalue weighted by atomic mass is 19.4. The summed E-state index contributed by atoms with van der Waals surface area (Å²) in [6.45, 7) is 1.21. The quantitative estimate of drug-likeness (QED) is 0.432. The third-order valence-corrected chi connectivity index (χ3v) is 5.74. The standard InChI is InChI=1S/C27H26F3N3O4/c28-27(29,30)37-24-11-5-10-23(17-24)36-22-12-14-33(15-13-22)26(35)32-21-9-4-8-20(16-21)25(34)31-18-19-6-2-1-3-7-19/h1-11,16-17,22H,12-15,18H2,(H,31,34)(H,32,35). The first-order chi connectivity index (χ1) is 17.7. The van der Waals surface area contributed by atoms with Gasteiger partial charge in [0.1, 0.15) is 17.6 Å². The van der Waals surface area contributed by atoms with Crippen LogP contribution >= 0.6 is 0 Å². The molecule has 0 saturated carbocycles. The van der Waals surface area contributed by atoms with Crippen LogP contribution in [0.5, 0.6) is 11.5 Å². The van der Waals surface area contributed by atoms with E-state index in [1.54, 1.807) is 35.2 Å². The normalized spacial score (nSPS) is 14.1. The highest BCUT2D eigenvalue weighted by Crippen LogP contribution is 2.28. The second-order valence-corrected chi connectivity index (χ2v) is 8.51. The molecule has 1 fully saturated rings. The van der Waals surface area contributed by atoms with E-state index in [-0.39, 0.29) is 29.5 Å². The van der Waals surface area contributed by atoms with Crippen LogP contribution in [0.2, 0.25) is 0 Å². The van der Waals surface area contributed by atoms with Gasteiger partial charge in [-0.05, 0) is 35.9 Å². The number of rotatable bonds is 7. The van der Waals surface area contributed by atoms with Crippen molar-refractivity contribution in [1.82, 2.24) is 10.2 Å². The monoisotopic (exact) mass is 513 g/mol. The number of carbonyl (C=O) groups excluding carboxylic acids is 2. The average molecular weight is 514 g/mol. The van der Waals surface area contributed by atoms with Crippen LogP contribution in [-0.4, -0.2) is 42.4 Å². The van der Waals surface area contributed by atoms with Gasteiger partial charge in [0.15, 0.2) is 0 Å². The number of benzene rings is 3.